The van der Waals surface area contributed by atoms with Gasteiger partial charge in [-0.25, -0.2) is 9.97 Å². The van der Waals surface area contributed by atoms with Gasteiger partial charge in [0.1, 0.15) is 15.7 Å². The van der Waals surface area contributed by atoms with E-state index in [1.54, 1.807) is 23.1 Å². The van der Waals surface area contributed by atoms with Gasteiger partial charge in [0.05, 0.1) is 6.07 Å². The number of rotatable bonds is 4. The van der Waals surface area contributed by atoms with Crippen molar-refractivity contribution in [1.82, 2.24) is 9.97 Å². The minimum Gasteiger partial charge on any atom is -0.226 e. The number of aromatic nitrogens is 2. The van der Waals surface area contributed by atoms with Crippen molar-refractivity contribution < 1.29 is 0 Å². The first-order valence-electron chi connectivity index (χ1n) is 5.51. The molecule has 0 saturated heterocycles. The van der Waals surface area contributed by atoms with Crippen LogP contribution in [0.15, 0.2) is 11.1 Å². The predicted octanol–water partition coefficient (Wildman–Crippen LogP) is 3.57. The van der Waals surface area contributed by atoms with E-state index in [4.69, 9.17) is 5.26 Å². The van der Waals surface area contributed by atoms with E-state index in [9.17, 15) is 0 Å². The molecule has 3 nitrogen and oxygen atoms in total. The first kappa shape index (κ1) is 12.3. The van der Waals surface area contributed by atoms with Gasteiger partial charge in [0, 0.05) is 22.4 Å². The molecule has 2 heterocycles. The average molecular weight is 263 g/mol. The van der Waals surface area contributed by atoms with Crippen LogP contribution in [0.5, 0.6) is 0 Å². The monoisotopic (exact) mass is 263 g/mol. The van der Waals surface area contributed by atoms with Crippen LogP contribution < -0.4 is 0 Å². The van der Waals surface area contributed by atoms with Gasteiger partial charge in [0.25, 0.3) is 0 Å². The third kappa shape index (κ3) is 2.76. The van der Waals surface area contributed by atoms with Crippen molar-refractivity contribution in [2.45, 2.75) is 31.7 Å². The largest absolute Gasteiger partial charge is 0.226 e. The second kappa shape index (κ2) is 5.48. The summed E-state index contributed by atoms with van der Waals surface area (Å²) in [5, 5.41) is 10.7. The number of hydrogen-bond donors (Lipinski definition) is 0. The van der Waals surface area contributed by atoms with Crippen LogP contribution in [-0.4, -0.2) is 15.7 Å². The second-order valence-corrected chi connectivity index (χ2v) is 5.82. The number of aryl methyl sites for hydroxylation is 2. The van der Waals surface area contributed by atoms with Crippen molar-refractivity contribution >= 4 is 33.3 Å². The summed E-state index contributed by atoms with van der Waals surface area (Å²) < 4.78 is 0. The van der Waals surface area contributed by atoms with Gasteiger partial charge < -0.3 is 0 Å². The zero-order valence-corrected chi connectivity index (χ0v) is 11.5. The Morgan fingerprint density at radius 3 is 3.00 bits per heavy atom. The first-order chi connectivity index (χ1) is 8.24. The summed E-state index contributed by atoms with van der Waals surface area (Å²) in [5.41, 5.74) is 0. The van der Waals surface area contributed by atoms with Gasteiger partial charge in [-0.1, -0.05) is 6.92 Å². The Labute approximate surface area is 109 Å². The van der Waals surface area contributed by atoms with Crippen LogP contribution in [0.25, 0.3) is 10.2 Å². The molecule has 0 bridgehead atoms. The Morgan fingerprint density at radius 1 is 1.47 bits per heavy atom. The molecule has 0 amide bonds. The molecule has 0 aliphatic carbocycles. The Balaban J connectivity index is 2.38. The van der Waals surface area contributed by atoms with Crippen molar-refractivity contribution in [3.8, 4) is 6.07 Å². The normalized spacial score (nSPS) is 10.6. The molecule has 5 heteroatoms. The smallest absolute Gasteiger partial charge is 0.128 e. The molecule has 0 spiro atoms. The molecule has 0 saturated carbocycles. The highest BCUT2D eigenvalue weighted by Gasteiger charge is 2.09. The van der Waals surface area contributed by atoms with Crippen molar-refractivity contribution in [3.63, 3.8) is 0 Å². The highest BCUT2D eigenvalue weighted by atomic mass is 32.2. The highest BCUT2D eigenvalue weighted by Crippen LogP contribution is 2.31. The number of nitriles is 1. The van der Waals surface area contributed by atoms with E-state index in [0.29, 0.717) is 6.42 Å². The van der Waals surface area contributed by atoms with E-state index in [-0.39, 0.29) is 0 Å². The van der Waals surface area contributed by atoms with Gasteiger partial charge in [-0.2, -0.15) is 5.26 Å². The van der Waals surface area contributed by atoms with Gasteiger partial charge in [0.15, 0.2) is 0 Å². The van der Waals surface area contributed by atoms with Crippen molar-refractivity contribution in [2.24, 2.45) is 0 Å². The predicted molar refractivity (Wildman–Crippen MR) is 72.5 cm³/mol. The lowest BCUT2D eigenvalue weighted by molar-refractivity contribution is 1.01. The molecule has 0 radical (unpaired) electrons. The third-order valence-electron chi connectivity index (χ3n) is 2.32. The van der Waals surface area contributed by atoms with Crippen LogP contribution in [-0.2, 0) is 6.42 Å². The Hall–Kier alpha value is -1.12. The maximum Gasteiger partial charge on any atom is 0.128 e. The van der Waals surface area contributed by atoms with E-state index < -0.39 is 0 Å². The zero-order chi connectivity index (χ0) is 12.3. The summed E-state index contributed by atoms with van der Waals surface area (Å²) >= 11 is 3.38. The van der Waals surface area contributed by atoms with Crippen molar-refractivity contribution in [2.75, 3.05) is 5.75 Å². The summed E-state index contributed by atoms with van der Waals surface area (Å²) in [7, 11) is 0. The molecule has 0 atom stereocenters. The molecular formula is C12H13N3S2. The molecule has 0 aromatic carbocycles. The van der Waals surface area contributed by atoms with Gasteiger partial charge >= 0.3 is 0 Å². The highest BCUT2D eigenvalue weighted by molar-refractivity contribution is 7.99. The number of nitrogens with zero attached hydrogens (tertiary/aromatic N) is 3. The summed E-state index contributed by atoms with van der Waals surface area (Å²) in [6, 6.07) is 4.33. The zero-order valence-electron chi connectivity index (χ0n) is 9.86. The van der Waals surface area contributed by atoms with E-state index in [1.807, 2.05) is 6.92 Å². The first-order valence-corrected chi connectivity index (χ1v) is 7.31. The summed E-state index contributed by atoms with van der Waals surface area (Å²) in [4.78, 5) is 11.3. The van der Waals surface area contributed by atoms with Crippen LogP contribution in [0, 0.1) is 18.3 Å². The number of thiophene rings is 1. The molecule has 0 aliphatic rings. The number of fused-ring (bicyclic) bond motifs is 1. The lowest BCUT2D eigenvalue weighted by atomic mass is 10.3. The standard InChI is InChI=1S/C12H13N3S2/c1-3-9-7-10-11(16-6-4-5-13)14-8(2)15-12(10)17-9/h7H,3-4,6H2,1-2H3. The van der Waals surface area contributed by atoms with Gasteiger partial charge in [-0.05, 0) is 19.4 Å². The second-order valence-electron chi connectivity index (χ2n) is 3.62. The minimum atomic E-state index is 0.556. The lowest BCUT2D eigenvalue weighted by Gasteiger charge is -2.01. The molecule has 2 rings (SSSR count). The maximum absolute atomic E-state index is 8.56. The molecule has 0 fully saturated rings. The Morgan fingerprint density at radius 2 is 2.29 bits per heavy atom. The Kier molecular flexibility index (Phi) is 3.97. The summed E-state index contributed by atoms with van der Waals surface area (Å²) in [6.45, 7) is 4.06. The fourth-order valence-electron chi connectivity index (χ4n) is 1.52. The van der Waals surface area contributed by atoms with Gasteiger partial charge in [-0.3, -0.25) is 0 Å². The van der Waals surface area contributed by atoms with E-state index >= 15 is 0 Å². The molecule has 0 unspecified atom stereocenters. The Bertz CT molecular complexity index is 569. The summed E-state index contributed by atoms with van der Waals surface area (Å²) in [5.74, 6) is 1.60. The fourth-order valence-corrected chi connectivity index (χ4v) is 3.50. The molecule has 0 N–H and O–H groups in total. The van der Waals surface area contributed by atoms with Gasteiger partial charge in [-0.15, -0.1) is 23.1 Å². The van der Waals surface area contributed by atoms with E-state index in [2.05, 4.69) is 29.0 Å². The van der Waals surface area contributed by atoms with Crippen LogP contribution in [0.4, 0.5) is 0 Å². The van der Waals surface area contributed by atoms with Crippen molar-refractivity contribution in [3.05, 3.63) is 16.8 Å². The van der Waals surface area contributed by atoms with Gasteiger partial charge in [0.2, 0.25) is 0 Å². The van der Waals surface area contributed by atoms with E-state index in [0.717, 1.165) is 33.2 Å². The molecule has 17 heavy (non-hydrogen) atoms. The molecule has 2 aromatic heterocycles. The van der Waals surface area contributed by atoms with Crippen molar-refractivity contribution in [1.29, 1.82) is 5.26 Å². The maximum atomic E-state index is 8.56. The number of thioether (sulfide) groups is 1. The SMILES string of the molecule is CCc1cc2c(SCCC#N)nc(C)nc2s1. The van der Waals surface area contributed by atoms with Crippen LogP contribution in [0.2, 0.25) is 0 Å². The lowest BCUT2D eigenvalue weighted by Crippen LogP contribution is -1.90. The minimum absolute atomic E-state index is 0.556. The molecule has 88 valence electrons. The molecule has 2 aromatic rings. The van der Waals surface area contributed by atoms with Crippen LogP contribution in [0.3, 0.4) is 0 Å². The third-order valence-corrected chi connectivity index (χ3v) is 4.49. The quantitative estimate of drug-likeness (QED) is 0.481. The molecule has 0 aliphatic heterocycles. The topological polar surface area (TPSA) is 49.6 Å². The van der Waals surface area contributed by atoms with Crippen LogP contribution in [0.1, 0.15) is 24.0 Å². The van der Waals surface area contributed by atoms with Crippen LogP contribution >= 0.6 is 23.1 Å². The number of hydrogen-bond acceptors (Lipinski definition) is 5. The van der Waals surface area contributed by atoms with E-state index in [1.165, 1.54) is 4.88 Å². The molecular weight excluding hydrogens is 250 g/mol. The average Bonchev–Trinajstić information content (AvgIpc) is 2.72. The fraction of sp³-hybridized carbons (Fsp3) is 0.417. The summed E-state index contributed by atoms with van der Waals surface area (Å²) in [6.07, 6.45) is 1.59.